The number of fused-ring (bicyclic) bond motifs is 4. The van der Waals surface area contributed by atoms with Crippen LogP contribution >= 0.6 is 11.8 Å². The summed E-state index contributed by atoms with van der Waals surface area (Å²) in [4.78, 5) is 289. The van der Waals surface area contributed by atoms with Gasteiger partial charge in [0.2, 0.25) is 106 Å². The van der Waals surface area contributed by atoms with E-state index in [-0.39, 0.29) is 68.5 Å². The minimum atomic E-state index is -2.00. The van der Waals surface area contributed by atoms with E-state index in [0.29, 0.717) is 45.8 Å². The zero-order valence-corrected chi connectivity index (χ0v) is 77.1. The van der Waals surface area contributed by atoms with E-state index < -0.39 is 292 Å². The van der Waals surface area contributed by atoms with Crippen LogP contribution in [0.5, 0.6) is 5.75 Å². The van der Waals surface area contributed by atoms with Crippen molar-refractivity contribution in [2.45, 2.75) is 221 Å². The maximum atomic E-state index is 15.8. The number of nitrogens with one attached hydrogen (secondary N) is 12. The molecule has 15 atom stereocenters. The monoisotopic (exact) mass is 1910 g/mol. The number of primary amides is 3. The maximum Gasteiger partial charge on any atom is 0.323 e. The summed E-state index contributed by atoms with van der Waals surface area (Å²) in [5.41, 5.74) is 25.1. The highest BCUT2D eigenvalue weighted by molar-refractivity contribution is 8.00. The first-order valence-corrected chi connectivity index (χ1v) is 45.8. The van der Waals surface area contributed by atoms with Crippen molar-refractivity contribution in [2.24, 2.45) is 22.9 Å². The number of nitrogens with zero attached hydrogens (tertiary/aromatic N) is 7. The Morgan fingerprint density at radius 3 is 1.77 bits per heavy atom. The van der Waals surface area contributed by atoms with Gasteiger partial charge in [0, 0.05) is 125 Å². The van der Waals surface area contributed by atoms with Gasteiger partial charge in [-0.2, -0.15) is 0 Å². The quantitative estimate of drug-likeness (QED) is 0.0241. The largest absolute Gasteiger partial charge is 0.508 e. The van der Waals surface area contributed by atoms with E-state index in [1.54, 1.807) is 62.4 Å². The van der Waals surface area contributed by atoms with Gasteiger partial charge < -0.3 is 136 Å². The van der Waals surface area contributed by atoms with Crippen LogP contribution in [0.1, 0.15) is 120 Å². The number of hydrogen-bond donors (Lipinski definition) is 20. The minimum Gasteiger partial charge on any atom is -0.508 e. The molecule has 3 aromatic heterocycles. The van der Waals surface area contributed by atoms with Crippen LogP contribution in [-0.2, 0) is 123 Å². The van der Waals surface area contributed by atoms with Crippen molar-refractivity contribution in [3.8, 4) is 5.75 Å². The smallest absolute Gasteiger partial charge is 0.323 e. The van der Waals surface area contributed by atoms with Crippen molar-refractivity contribution in [2.75, 3.05) is 65.4 Å². The molecule has 136 heavy (non-hydrogen) atoms. The highest BCUT2D eigenvalue weighted by Gasteiger charge is 2.47. The number of nitrogens with two attached hydrogens (primary N) is 4. The van der Waals surface area contributed by atoms with Gasteiger partial charge in [0.05, 0.1) is 43.5 Å². The van der Waals surface area contributed by atoms with E-state index in [4.69, 9.17) is 22.9 Å². The Bertz CT molecular complexity index is 5340. The molecule has 0 aliphatic carbocycles. The van der Waals surface area contributed by atoms with Gasteiger partial charge in [0.1, 0.15) is 96.9 Å². The number of para-hydroxylation sites is 2. The number of benzene rings is 3. The third-order valence-electron chi connectivity index (χ3n) is 24.0. The van der Waals surface area contributed by atoms with Crippen molar-refractivity contribution in [3.63, 3.8) is 0 Å². The number of hydrogen-bond acceptors (Lipinski definition) is 25. The Morgan fingerprint density at radius 1 is 0.559 bits per heavy atom. The van der Waals surface area contributed by atoms with Crippen LogP contribution in [-0.4, -0.2) is 333 Å². The van der Waals surface area contributed by atoms with E-state index in [2.05, 4.69) is 68.1 Å². The molecule has 18 amide bonds. The molecule has 3 saturated heterocycles. The van der Waals surface area contributed by atoms with Crippen molar-refractivity contribution in [3.05, 3.63) is 120 Å². The number of aromatic amines is 2. The first-order chi connectivity index (χ1) is 64.7. The number of carboxylic acid groups (broad SMARTS) is 1. The second kappa shape index (κ2) is 49.8. The molecule has 47 heteroatoms. The Kier molecular flexibility index (Phi) is 38.6. The standard InChI is InChI=1S/C89H121N23O23S/c1-7-9-19-67-82(128)104-63(36-90)80(126)106-65(77(123)96-39-73(93)118)44-136-45-74(119)98-60(30-48-23-25-52(114)26-24-48)85(131)107(4)47(3)76(122)102-62(35-72(92)117)88(134)111-29-15-22-68(111)83(129)101-59(33-51-38-94-46-97-51)79(125)99-57(27-28-71(91)116)87(133)112-41-53(115)34-70(112)84(130)100-58(31-49-37-95-56-18-13-11-16-54(49)56)78(124)105-64(43-113)81(127)103-61(86(132)109(6)69(20-10-8-2)89(135)108(67)5)32-50-40-110(42-75(120)121)66-21-14-12-17-55(50)66/h11-14,16-18,21,23-26,37-38,40,46-47,53,57-65,67-70,95,113-115H,7-10,15,19-20,22,27-36,39,41-45,90H2,1-6H3,(H2,91,116)(H2,92,117)(H2,93,118)(H,94,97)(H,96,123)(H,98,119)(H,99,125)(H,100,130)(H,101,129)(H,102,122)(H,103,127)(H,104,128)(H,105,124)(H,106,126)(H,120,121)/t47-,53+,57-,58-,59-,60-,61-,62-,63-,64-,65-,67-,68-,69-,70-/m0/s1. The number of rotatable bonds is 26. The summed E-state index contributed by atoms with van der Waals surface area (Å²) >= 11 is 0.730. The first-order valence-electron chi connectivity index (χ1n) is 44.7. The number of aliphatic hydroxyl groups excluding tert-OH is 2. The Hall–Kier alpha value is -14.1. The molecule has 0 bridgehead atoms. The average molecular weight is 1910 g/mol. The van der Waals surface area contributed by atoms with E-state index in [9.17, 15) is 78.0 Å². The number of phenolic OH excluding ortho intramolecular Hbond substituents is 1. The number of aromatic hydroxyl groups is 1. The molecule has 0 saturated carbocycles. The molecule has 0 unspecified atom stereocenters. The fourth-order valence-corrected chi connectivity index (χ4v) is 17.4. The molecule has 6 aromatic rings. The predicted octanol–water partition coefficient (Wildman–Crippen LogP) is -5.46. The summed E-state index contributed by atoms with van der Waals surface area (Å²) < 4.78 is 1.39. The van der Waals surface area contributed by atoms with Crippen LogP contribution < -0.4 is 76.1 Å². The molecule has 6 heterocycles. The van der Waals surface area contributed by atoms with E-state index in [1.165, 1.54) is 81.8 Å². The number of imidazole rings is 1. The molecule has 3 aromatic carbocycles. The number of aromatic nitrogens is 4. The molecule has 9 rings (SSSR count). The molecular weight excluding hydrogens is 1790 g/mol. The SMILES string of the molecule is CCCC[C@H]1C(=O)N(C)[C@@H](CCCC)C(=O)N[C@@H](CN)C(=O)N[C@H](C(=O)NCC(N)=O)CSCC(=O)N[C@@H](Cc2ccc(O)cc2)C(=O)N(C)[C@@H](C)C(=O)N[C@@H](CC(N)=O)C(=O)N2CCC[C@H]2C(=O)N[C@@H](Cc2c[nH]cn2)C(=O)N[C@@H](CCC(N)=O)C(=O)N2C[C@H](O)C[C@H]2C(=O)N[C@@H](Cc2c[nH]c3ccccc23)C(=O)N[C@@H](CO)C(=O)N[C@@H](Cc2cn(CC(=O)O)c3ccccc23)C(=O)N1C. The summed E-state index contributed by atoms with van der Waals surface area (Å²) in [5, 5.41) is 69.4. The lowest BCUT2D eigenvalue weighted by atomic mass is 10.00. The van der Waals surface area contributed by atoms with Crippen molar-refractivity contribution in [1.29, 1.82) is 0 Å². The molecule has 3 fully saturated rings. The zero-order valence-electron chi connectivity index (χ0n) is 76.3. The molecular formula is C89H121N23O23S. The molecule has 736 valence electrons. The molecule has 0 radical (unpaired) electrons. The average Bonchev–Trinajstić information content (AvgIpc) is 1.65. The summed E-state index contributed by atoms with van der Waals surface area (Å²) in [6.45, 7) is 0.916. The van der Waals surface area contributed by atoms with E-state index in [1.807, 2.05) is 0 Å². The van der Waals surface area contributed by atoms with Gasteiger partial charge in [0.15, 0.2) is 0 Å². The van der Waals surface area contributed by atoms with Crippen LogP contribution in [0.15, 0.2) is 97.7 Å². The van der Waals surface area contributed by atoms with Crippen LogP contribution in [0.3, 0.4) is 0 Å². The van der Waals surface area contributed by atoms with Crippen LogP contribution in [0, 0.1) is 0 Å². The predicted molar refractivity (Wildman–Crippen MR) is 490 cm³/mol. The number of unbranched alkanes of at least 4 members (excludes halogenated alkanes) is 2. The first kappa shape index (κ1) is 106. The zero-order chi connectivity index (χ0) is 99.5. The van der Waals surface area contributed by atoms with Crippen molar-refractivity contribution in [1.82, 2.24) is 97.2 Å². The number of aliphatic carboxylic acids is 1. The fraction of sp³-hybridized carbons (Fsp3) is 0.506. The molecule has 3 aliphatic rings. The number of phenols is 1. The lowest BCUT2D eigenvalue weighted by molar-refractivity contribution is -0.149. The van der Waals surface area contributed by atoms with E-state index in [0.717, 1.165) is 36.3 Å². The van der Waals surface area contributed by atoms with Crippen molar-refractivity contribution >= 4 is 146 Å². The Balaban J connectivity index is 1.11. The minimum absolute atomic E-state index is 0.0641. The highest BCUT2D eigenvalue weighted by atomic mass is 32.2. The number of carbonyl (C=O) groups excluding carboxylic acids is 18. The normalized spacial score (nSPS) is 24.6. The van der Waals surface area contributed by atoms with Gasteiger partial charge in [0.25, 0.3) is 0 Å². The van der Waals surface area contributed by atoms with E-state index >= 15 is 33.6 Å². The second-order valence-corrected chi connectivity index (χ2v) is 35.0. The van der Waals surface area contributed by atoms with Crippen LogP contribution in [0.4, 0.5) is 0 Å². The number of carboxylic acids is 1. The number of amides is 18. The summed E-state index contributed by atoms with van der Waals surface area (Å²) in [5.74, 6) is -20.9. The second-order valence-electron chi connectivity index (χ2n) is 33.9. The maximum absolute atomic E-state index is 15.8. The van der Waals surface area contributed by atoms with Gasteiger partial charge >= 0.3 is 5.97 Å². The summed E-state index contributed by atoms with van der Waals surface area (Å²) in [6, 6.07) is -4.49. The third-order valence-corrected chi connectivity index (χ3v) is 25.1. The molecule has 24 N–H and O–H groups in total. The summed E-state index contributed by atoms with van der Waals surface area (Å²) in [7, 11) is 3.74. The number of H-pyrrole nitrogens is 2. The van der Waals surface area contributed by atoms with Gasteiger partial charge in [-0.25, -0.2) is 4.98 Å². The number of carbonyl (C=O) groups is 19. The lowest BCUT2D eigenvalue weighted by Gasteiger charge is -2.36. The van der Waals surface area contributed by atoms with Gasteiger partial charge in [-0.05, 0) is 80.0 Å². The summed E-state index contributed by atoms with van der Waals surface area (Å²) in [6.07, 6.45) is 1.40. The topological polar surface area (TPSA) is 695 Å². The number of aliphatic hydroxyl groups is 2. The van der Waals surface area contributed by atoms with Crippen LogP contribution in [0.25, 0.3) is 21.8 Å². The highest BCUT2D eigenvalue weighted by Crippen LogP contribution is 2.29. The number of thioether (sulfide) groups is 1. The van der Waals surface area contributed by atoms with Gasteiger partial charge in [-0.15, -0.1) is 11.8 Å². The number of likely N-dealkylation sites (N-methyl/N-ethyl adjacent to an activating group) is 3. The third kappa shape index (κ3) is 28.5. The van der Waals surface area contributed by atoms with Gasteiger partial charge in [-0.1, -0.05) is 88.1 Å². The lowest BCUT2D eigenvalue weighted by Crippen LogP contribution is -2.62. The van der Waals surface area contributed by atoms with Gasteiger partial charge in [-0.3, -0.25) is 91.1 Å². The molecule has 0 spiro atoms. The van der Waals surface area contributed by atoms with Crippen molar-refractivity contribution < 1.29 is 112 Å². The fourth-order valence-electron chi connectivity index (χ4n) is 16.5. The van der Waals surface area contributed by atoms with Crippen LogP contribution in [0.2, 0.25) is 0 Å². The Morgan fingerprint density at radius 2 is 1.13 bits per heavy atom. The Labute approximate surface area is 785 Å². The molecule has 46 nitrogen and oxygen atoms in total. The molecule has 3 aliphatic heterocycles.